The van der Waals surface area contributed by atoms with Gasteiger partial charge >= 0.3 is 5.97 Å². The van der Waals surface area contributed by atoms with Crippen molar-refractivity contribution in [3.05, 3.63) is 35.4 Å². The molecular formula is C14H22N2O2. The van der Waals surface area contributed by atoms with E-state index in [1.165, 1.54) is 5.56 Å². The smallest absolute Gasteiger partial charge is 0.337 e. The minimum Gasteiger partial charge on any atom is -0.464 e. The molecule has 0 aliphatic heterocycles. The molecule has 0 saturated carbocycles. The van der Waals surface area contributed by atoms with Gasteiger partial charge in [-0.1, -0.05) is 37.6 Å². The lowest BCUT2D eigenvalue weighted by Crippen LogP contribution is -2.44. The Hall–Kier alpha value is -1.39. The Labute approximate surface area is 109 Å². The number of nitrogens with one attached hydrogen (secondary N) is 1. The van der Waals surface area contributed by atoms with Crippen molar-refractivity contribution < 1.29 is 9.53 Å². The Bertz CT molecular complexity index is 363. The van der Waals surface area contributed by atoms with Crippen molar-refractivity contribution in [2.45, 2.75) is 39.4 Å². The van der Waals surface area contributed by atoms with Crippen LogP contribution >= 0.6 is 0 Å². The molecule has 100 valence electrons. The average molecular weight is 250 g/mol. The van der Waals surface area contributed by atoms with Gasteiger partial charge in [0.2, 0.25) is 0 Å². The second kappa shape index (κ2) is 7.84. The van der Waals surface area contributed by atoms with Gasteiger partial charge in [-0.25, -0.2) is 4.79 Å². The third-order valence-corrected chi connectivity index (χ3v) is 2.63. The largest absolute Gasteiger partial charge is 0.464 e. The summed E-state index contributed by atoms with van der Waals surface area (Å²) in [6.45, 7) is 4.83. The fourth-order valence-electron chi connectivity index (χ4n) is 1.66. The minimum absolute atomic E-state index is 0.347. The highest BCUT2D eigenvalue weighted by atomic mass is 16.5. The number of benzene rings is 1. The summed E-state index contributed by atoms with van der Waals surface area (Å²) in [5.41, 5.74) is 8.08. The number of carbonyl (C=O) groups excluding carboxylic acids is 1. The molecule has 4 heteroatoms. The highest BCUT2D eigenvalue weighted by Gasteiger charge is 2.12. The number of ether oxygens (including phenoxy) is 1. The van der Waals surface area contributed by atoms with E-state index in [-0.39, 0.29) is 0 Å². The third-order valence-electron chi connectivity index (χ3n) is 2.63. The second-order valence-corrected chi connectivity index (χ2v) is 4.18. The molecule has 1 aromatic rings. The zero-order valence-corrected chi connectivity index (χ0v) is 11.1. The van der Waals surface area contributed by atoms with Gasteiger partial charge in [0.05, 0.1) is 6.61 Å². The van der Waals surface area contributed by atoms with E-state index in [0.717, 1.165) is 18.4 Å². The molecular weight excluding hydrogens is 228 g/mol. The van der Waals surface area contributed by atoms with Gasteiger partial charge in [0.25, 0.3) is 0 Å². The quantitative estimate of drug-likeness (QED) is 0.569. The molecule has 18 heavy (non-hydrogen) atoms. The molecule has 0 heterocycles. The predicted molar refractivity (Wildman–Crippen MR) is 71.9 cm³/mol. The Morgan fingerprint density at radius 1 is 1.28 bits per heavy atom. The monoisotopic (exact) mass is 250 g/mol. The Balaban J connectivity index is 2.41. The summed E-state index contributed by atoms with van der Waals surface area (Å²) in [5.74, 6) is -0.417. The standard InChI is InChI=1S/C14H22N2O2/c1-3-5-11-6-8-12(9-7-11)10-16-13(15)14(17)18-4-2/h6-9,13,16H,3-5,10,15H2,1-2H3. The van der Waals surface area contributed by atoms with E-state index < -0.39 is 12.1 Å². The van der Waals surface area contributed by atoms with Gasteiger partial charge in [-0.05, 0) is 24.5 Å². The molecule has 0 aliphatic carbocycles. The predicted octanol–water partition coefficient (Wildman–Crippen LogP) is 1.58. The van der Waals surface area contributed by atoms with Crippen LogP contribution in [0, 0.1) is 0 Å². The molecule has 0 aromatic heterocycles. The summed E-state index contributed by atoms with van der Waals surface area (Å²) in [6.07, 6.45) is 1.47. The number of esters is 1. The first-order valence-corrected chi connectivity index (χ1v) is 6.40. The van der Waals surface area contributed by atoms with Crippen LogP contribution in [0.5, 0.6) is 0 Å². The maximum atomic E-state index is 11.3. The van der Waals surface area contributed by atoms with E-state index in [2.05, 4.69) is 36.5 Å². The van der Waals surface area contributed by atoms with Crippen LogP contribution in [0.15, 0.2) is 24.3 Å². The van der Waals surface area contributed by atoms with E-state index in [1.54, 1.807) is 6.92 Å². The summed E-state index contributed by atoms with van der Waals surface area (Å²) >= 11 is 0. The molecule has 1 unspecified atom stereocenters. The lowest BCUT2D eigenvalue weighted by atomic mass is 10.1. The lowest BCUT2D eigenvalue weighted by Gasteiger charge is -2.12. The fraction of sp³-hybridized carbons (Fsp3) is 0.500. The van der Waals surface area contributed by atoms with Crippen molar-refractivity contribution in [2.24, 2.45) is 5.73 Å². The number of hydrogen-bond donors (Lipinski definition) is 2. The first-order chi connectivity index (χ1) is 8.67. The lowest BCUT2D eigenvalue weighted by molar-refractivity contribution is -0.145. The summed E-state index contributed by atoms with van der Waals surface area (Å²) in [4.78, 5) is 11.3. The zero-order chi connectivity index (χ0) is 13.4. The molecule has 0 amide bonds. The zero-order valence-electron chi connectivity index (χ0n) is 11.1. The molecule has 1 atom stereocenters. The van der Waals surface area contributed by atoms with Gasteiger partial charge in [-0.2, -0.15) is 0 Å². The summed E-state index contributed by atoms with van der Waals surface area (Å²) in [6, 6.07) is 8.32. The Morgan fingerprint density at radius 2 is 1.89 bits per heavy atom. The van der Waals surface area contributed by atoms with Gasteiger partial charge in [0.1, 0.15) is 0 Å². The number of carbonyl (C=O) groups is 1. The van der Waals surface area contributed by atoms with Crippen LogP contribution in [0.4, 0.5) is 0 Å². The highest BCUT2D eigenvalue weighted by Crippen LogP contribution is 2.06. The number of nitrogens with two attached hydrogens (primary N) is 1. The maximum Gasteiger partial charge on any atom is 0.337 e. The van der Waals surface area contributed by atoms with Crippen LogP contribution in [0.3, 0.4) is 0 Å². The molecule has 0 fully saturated rings. The van der Waals surface area contributed by atoms with Gasteiger partial charge in [0, 0.05) is 6.54 Å². The summed E-state index contributed by atoms with van der Waals surface area (Å²) in [5, 5.41) is 2.94. The molecule has 1 rings (SSSR count). The van der Waals surface area contributed by atoms with Crippen molar-refractivity contribution in [3.8, 4) is 0 Å². The van der Waals surface area contributed by atoms with E-state index in [9.17, 15) is 4.79 Å². The van der Waals surface area contributed by atoms with Gasteiger partial charge in [-0.3, -0.25) is 5.32 Å². The van der Waals surface area contributed by atoms with E-state index in [4.69, 9.17) is 10.5 Å². The Kier molecular flexibility index (Phi) is 6.39. The number of aryl methyl sites for hydroxylation is 1. The number of hydrogen-bond acceptors (Lipinski definition) is 4. The van der Waals surface area contributed by atoms with Crippen molar-refractivity contribution in [2.75, 3.05) is 6.61 Å². The van der Waals surface area contributed by atoms with Crippen LogP contribution < -0.4 is 11.1 Å². The summed E-state index contributed by atoms with van der Waals surface area (Å²) < 4.78 is 4.82. The first-order valence-electron chi connectivity index (χ1n) is 6.40. The maximum absolute atomic E-state index is 11.3. The fourth-order valence-corrected chi connectivity index (χ4v) is 1.66. The first kappa shape index (κ1) is 14.7. The van der Waals surface area contributed by atoms with E-state index >= 15 is 0 Å². The average Bonchev–Trinajstić information content (AvgIpc) is 2.38. The highest BCUT2D eigenvalue weighted by molar-refractivity contribution is 5.74. The molecule has 1 aromatic carbocycles. The molecule has 4 nitrogen and oxygen atoms in total. The molecule has 0 bridgehead atoms. The van der Waals surface area contributed by atoms with Crippen molar-refractivity contribution >= 4 is 5.97 Å². The van der Waals surface area contributed by atoms with Crippen molar-refractivity contribution in [1.82, 2.24) is 5.32 Å². The summed E-state index contributed by atoms with van der Waals surface area (Å²) in [7, 11) is 0. The van der Waals surface area contributed by atoms with Crippen molar-refractivity contribution in [1.29, 1.82) is 0 Å². The van der Waals surface area contributed by atoms with Gasteiger partial charge in [0.15, 0.2) is 6.17 Å². The van der Waals surface area contributed by atoms with Crippen molar-refractivity contribution in [3.63, 3.8) is 0 Å². The van der Waals surface area contributed by atoms with Gasteiger partial charge in [-0.15, -0.1) is 0 Å². The topological polar surface area (TPSA) is 64.3 Å². The molecule has 0 radical (unpaired) electrons. The number of rotatable bonds is 7. The van der Waals surface area contributed by atoms with E-state index in [0.29, 0.717) is 13.2 Å². The van der Waals surface area contributed by atoms with Crippen LogP contribution in [0.1, 0.15) is 31.4 Å². The van der Waals surface area contributed by atoms with Gasteiger partial charge < -0.3 is 10.5 Å². The van der Waals surface area contributed by atoms with Crippen LogP contribution in [0.25, 0.3) is 0 Å². The third kappa shape index (κ3) is 4.85. The van der Waals surface area contributed by atoms with Crippen LogP contribution in [0.2, 0.25) is 0 Å². The van der Waals surface area contributed by atoms with Crippen LogP contribution in [-0.2, 0) is 22.5 Å². The SMILES string of the molecule is CCCc1ccc(CNC(N)C(=O)OCC)cc1. The van der Waals surface area contributed by atoms with Crippen LogP contribution in [-0.4, -0.2) is 18.7 Å². The minimum atomic E-state index is -0.764. The Morgan fingerprint density at radius 3 is 2.44 bits per heavy atom. The van der Waals surface area contributed by atoms with E-state index in [1.807, 2.05) is 0 Å². The molecule has 0 saturated heterocycles. The molecule has 0 spiro atoms. The molecule has 3 N–H and O–H groups in total. The second-order valence-electron chi connectivity index (χ2n) is 4.18. The normalized spacial score (nSPS) is 12.2. The molecule has 0 aliphatic rings.